The second-order valence-corrected chi connectivity index (χ2v) is 18.7. The van der Waals surface area contributed by atoms with Gasteiger partial charge in [0.25, 0.3) is 0 Å². The van der Waals surface area contributed by atoms with E-state index in [1.54, 1.807) is 0 Å². The highest BCUT2D eigenvalue weighted by Gasteiger charge is 2.44. The van der Waals surface area contributed by atoms with Crippen molar-refractivity contribution in [2.24, 2.45) is 0 Å². The number of aliphatic hydroxyl groups excluding tert-OH is 4. The summed E-state index contributed by atoms with van der Waals surface area (Å²) in [5.74, 6) is -0.802. The van der Waals surface area contributed by atoms with E-state index < -0.39 is 49.4 Å². The Kier molecular flexibility index (Phi) is 42.3. The zero-order chi connectivity index (χ0) is 46.6. The smallest absolute Gasteiger partial charge is 0.306 e. The van der Waals surface area contributed by atoms with Crippen molar-refractivity contribution in [2.75, 3.05) is 19.8 Å². The van der Waals surface area contributed by atoms with Gasteiger partial charge in [-0.15, -0.1) is 0 Å². The van der Waals surface area contributed by atoms with Crippen molar-refractivity contribution in [3.05, 3.63) is 24.3 Å². The lowest BCUT2D eigenvalue weighted by Gasteiger charge is -2.39. The second kappa shape index (κ2) is 45.0. The van der Waals surface area contributed by atoms with Gasteiger partial charge in [0.1, 0.15) is 31.0 Å². The van der Waals surface area contributed by atoms with Gasteiger partial charge in [-0.05, 0) is 44.9 Å². The standard InChI is InChI=1S/C54H100O10/c1-3-5-7-9-11-13-15-17-19-21-23-24-25-27-28-30-32-34-36-38-40-42-49(56)61-45-47(46-62-54-53(60)52(59)51(58)48(44-55)64-54)63-50(57)43-41-39-37-35-33-31-29-26-22-20-18-16-14-12-10-8-6-4-2/h14,16,20,22,47-48,51-55,58-60H,3-13,15,17-19,21,23-46H2,1-2H3/b16-14-,22-20-. The number of aliphatic hydroxyl groups is 4. The first-order chi connectivity index (χ1) is 31.3. The van der Waals surface area contributed by atoms with Crippen LogP contribution >= 0.6 is 0 Å². The van der Waals surface area contributed by atoms with Gasteiger partial charge in [-0.1, -0.05) is 218 Å². The highest BCUT2D eigenvalue weighted by molar-refractivity contribution is 5.70. The molecule has 0 radical (unpaired) electrons. The first-order valence-electron chi connectivity index (χ1n) is 26.9. The van der Waals surface area contributed by atoms with Crippen LogP contribution in [0.1, 0.15) is 251 Å². The molecule has 1 fully saturated rings. The molecular formula is C54H100O10. The van der Waals surface area contributed by atoms with Gasteiger partial charge in [0, 0.05) is 12.8 Å². The molecule has 4 N–H and O–H groups in total. The summed E-state index contributed by atoms with van der Waals surface area (Å²) in [6.07, 6.45) is 44.7. The zero-order valence-electron chi connectivity index (χ0n) is 41.3. The Morgan fingerprint density at radius 1 is 0.484 bits per heavy atom. The third-order valence-electron chi connectivity index (χ3n) is 12.6. The molecule has 1 aliphatic rings. The van der Waals surface area contributed by atoms with Crippen LogP contribution in [-0.2, 0) is 28.5 Å². The molecule has 1 rings (SSSR count). The monoisotopic (exact) mass is 909 g/mol. The molecule has 0 aromatic rings. The van der Waals surface area contributed by atoms with E-state index in [4.69, 9.17) is 18.9 Å². The van der Waals surface area contributed by atoms with E-state index >= 15 is 0 Å². The Balaban J connectivity index is 2.23. The molecule has 64 heavy (non-hydrogen) atoms. The third kappa shape index (κ3) is 35.4. The normalized spacial score (nSPS) is 19.5. The number of carbonyl (C=O) groups is 2. The molecule has 6 unspecified atom stereocenters. The molecule has 0 aromatic carbocycles. The van der Waals surface area contributed by atoms with Gasteiger partial charge >= 0.3 is 11.9 Å². The van der Waals surface area contributed by atoms with Crippen molar-refractivity contribution in [3.8, 4) is 0 Å². The van der Waals surface area contributed by atoms with Gasteiger partial charge in [-0.25, -0.2) is 0 Å². The number of hydrogen-bond acceptors (Lipinski definition) is 10. The maximum absolute atomic E-state index is 12.8. The highest BCUT2D eigenvalue weighted by atomic mass is 16.7. The van der Waals surface area contributed by atoms with Crippen LogP contribution in [-0.4, -0.2) is 89.0 Å². The molecule has 0 aromatic heterocycles. The molecule has 0 aliphatic carbocycles. The summed E-state index contributed by atoms with van der Waals surface area (Å²) in [6, 6.07) is 0. The Labute approximate surface area is 392 Å². The van der Waals surface area contributed by atoms with Crippen molar-refractivity contribution < 1.29 is 49.0 Å². The second-order valence-electron chi connectivity index (χ2n) is 18.7. The molecule has 1 saturated heterocycles. The minimum Gasteiger partial charge on any atom is -0.462 e. The first-order valence-corrected chi connectivity index (χ1v) is 26.9. The molecule has 0 spiro atoms. The Morgan fingerprint density at radius 3 is 1.31 bits per heavy atom. The van der Waals surface area contributed by atoms with Gasteiger partial charge in [0.15, 0.2) is 12.4 Å². The van der Waals surface area contributed by atoms with Crippen LogP contribution in [0, 0.1) is 0 Å². The lowest BCUT2D eigenvalue weighted by atomic mass is 9.99. The van der Waals surface area contributed by atoms with Gasteiger partial charge in [0.2, 0.25) is 0 Å². The molecule has 0 amide bonds. The topological polar surface area (TPSA) is 152 Å². The van der Waals surface area contributed by atoms with E-state index in [1.165, 1.54) is 167 Å². The van der Waals surface area contributed by atoms with Crippen molar-refractivity contribution in [3.63, 3.8) is 0 Å². The van der Waals surface area contributed by atoms with E-state index in [2.05, 4.69) is 38.2 Å². The number of carbonyl (C=O) groups excluding carboxylic acids is 2. The maximum atomic E-state index is 12.8. The van der Waals surface area contributed by atoms with Crippen LogP contribution in [0.2, 0.25) is 0 Å². The Morgan fingerprint density at radius 2 is 0.875 bits per heavy atom. The predicted molar refractivity (Wildman–Crippen MR) is 261 cm³/mol. The molecule has 376 valence electrons. The highest BCUT2D eigenvalue weighted by Crippen LogP contribution is 2.23. The summed E-state index contributed by atoms with van der Waals surface area (Å²) in [4.78, 5) is 25.5. The summed E-state index contributed by atoms with van der Waals surface area (Å²) in [6.45, 7) is 3.44. The average molecular weight is 909 g/mol. The number of hydrogen-bond donors (Lipinski definition) is 4. The molecule has 1 aliphatic heterocycles. The van der Waals surface area contributed by atoms with Crippen molar-refractivity contribution >= 4 is 11.9 Å². The predicted octanol–water partition coefficient (Wildman–Crippen LogP) is 12.8. The lowest BCUT2D eigenvalue weighted by Crippen LogP contribution is -2.59. The van der Waals surface area contributed by atoms with Crippen LogP contribution in [0.3, 0.4) is 0 Å². The zero-order valence-corrected chi connectivity index (χ0v) is 41.3. The number of unbranched alkanes of at least 4 members (excludes halogenated alkanes) is 31. The fourth-order valence-corrected chi connectivity index (χ4v) is 8.34. The number of ether oxygens (including phenoxy) is 4. The van der Waals surface area contributed by atoms with E-state index in [-0.39, 0.29) is 32.0 Å². The lowest BCUT2D eigenvalue weighted by molar-refractivity contribution is -0.305. The molecule has 10 heteroatoms. The summed E-state index contributed by atoms with van der Waals surface area (Å²) in [5, 5.41) is 40.2. The van der Waals surface area contributed by atoms with Crippen LogP contribution < -0.4 is 0 Å². The SMILES string of the molecule is CCCCCC/C=C\C/C=C\CCCCCCCCCC(=O)OC(COC(=O)CCCCCCCCCCCCCCCCCCCCCCC)COC1OC(CO)C(O)C(O)C1O. The van der Waals surface area contributed by atoms with E-state index in [0.717, 1.165) is 51.4 Å². The number of allylic oxidation sites excluding steroid dienone is 4. The summed E-state index contributed by atoms with van der Waals surface area (Å²) in [7, 11) is 0. The van der Waals surface area contributed by atoms with E-state index in [1.807, 2.05) is 0 Å². The molecule has 10 nitrogen and oxygen atoms in total. The van der Waals surface area contributed by atoms with Gasteiger partial charge in [-0.2, -0.15) is 0 Å². The van der Waals surface area contributed by atoms with Gasteiger partial charge in [-0.3, -0.25) is 9.59 Å². The van der Waals surface area contributed by atoms with Crippen molar-refractivity contribution in [1.29, 1.82) is 0 Å². The molecule has 0 bridgehead atoms. The minimum absolute atomic E-state index is 0.216. The van der Waals surface area contributed by atoms with Gasteiger partial charge in [0.05, 0.1) is 13.2 Å². The molecule has 1 heterocycles. The summed E-state index contributed by atoms with van der Waals surface area (Å²) >= 11 is 0. The Hall–Kier alpha value is -1.82. The largest absolute Gasteiger partial charge is 0.462 e. The van der Waals surface area contributed by atoms with E-state index in [9.17, 15) is 30.0 Å². The number of rotatable bonds is 46. The molecule has 0 saturated carbocycles. The number of esters is 2. The fourth-order valence-electron chi connectivity index (χ4n) is 8.34. The first kappa shape index (κ1) is 60.2. The van der Waals surface area contributed by atoms with Crippen molar-refractivity contribution in [2.45, 2.75) is 288 Å². The van der Waals surface area contributed by atoms with Crippen LogP contribution in [0.5, 0.6) is 0 Å². The minimum atomic E-state index is -1.59. The van der Waals surface area contributed by atoms with Crippen molar-refractivity contribution in [1.82, 2.24) is 0 Å². The summed E-state index contributed by atoms with van der Waals surface area (Å²) in [5.41, 5.74) is 0. The van der Waals surface area contributed by atoms with Crippen LogP contribution in [0.4, 0.5) is 0 Å². The quantitative estimate of drug-likeness (QED) is 0.0264. The maximum Gasteiger partial charge on any atom is 0.306 e. The Bertz CT molecular complexity index is 1100. The fraction of sp³-hybridized carbons (Fsp3) is 0.889. The third-order valence-corrected chi connectivity index (χ3v) is 12.6. The van der Waals surface area contributed by atoms with E-state index in [0.29, 0.717) is 6.42 Å². The van der Waals surface area contributed by atoms with Crippen LogP contribution in [0.15, 0.2) is 24.3 Å². The van der Waals surface area contributed by atoms with Gasteiger partial charge < -0.3 is 39.4 Å². The average Bonchev–Trinajstić information content (AvgIpc) is 3.29. The summed E-state index contributed by atoms with van der Waals surface area (Å²) < 4.78 is 22.3. The molecular weight excluding hydrogens is 809 g/mol. The van der Waals surface area contributed by atoms with Crippen LogP contribution in [0.25, 0.3) is 0 Å². The molecule has 6 atom stereocenters.